The Hall–Kier alpha value is -2.60. The van der Waals surface area contributed by atoms with Crippen molar-refractivity contribution in [3.63, 3.8) is 0 Å². The zero-order chi connectivity index (χ0) is 18.5. The Labute approximate surface area is 156 Å². The van der Waals surface area contributed by atoms with E-state index in [0.717, 1.165) is 27.5 Å². The molecule has 0 aliphatic heterocycles. The van der Waals surface area contributed by atoms with Crippen molar-refractivity contribution < 1.29 is 9.18 Å². The molecule has 3 rings (SSSR count). The number of carbonyl (C=O) groups excluding carboxylic acids is 1. The average Bonchev–Trinajstić information content (AvgIpc) is 2.94. The Morgan fingerprint density at radius 2 is 1.81 bits per heavy atom. The van der Waals surface area contributed by atoms with Crippen LogP contribution in [-0.2, 0) is 11.3 Å². The van der Waals surface area contributed by atoms with E-state index < -0.39 is 0 Å². The molecule has 0 unspecified atom stereocenters. The van der Waals surface area contributed by atoms with Gasteiger partial charge < -0.3 is 5.32 Å². The molecule has 0 saturated carbocycles. The second kappa shape index (κ2) is 8.19. The molecule has 0 radical (unpaired) electrons. The maximum atomic E-state index is 12.9. The average molecular weight is 369 g/mol. The van der Waals surface area contributed by atoms with Gasteiger partial charge in [0.25, 0.3) is 0 Å². The summed E-state index contributed by atoms with van der Waals surface area (Å²) in [6, 6.07) is 16.0. The van der Waals surface area contributed by atoms with E-state index >= 15 is 0 Å². The highest BCUT2D eigenvalue weighted by atomic mass is 32.2. The van der Waals surface area contributed by atoms with Crippen LogP contribution in [0.2, 0.25) is 0 Å². The van der Waals surface area contributed by atoms with Gasteiger partial charge in [-0.25, -0.2) is 9.07 Å². The summed E-state index contributed by atoms with van der Waals surface area (Å²) in [6.07, 6.45) is 0. The van der Waals surface area contributed by atoms with Crippen LogP contribution in [0.1, 0.15) is 17.0 Å². The zero-order valence-electron chi connectivity index (χ0n) is 14.7. The number of hydrogen-bond donors (Lipinski definition) is 1. The highest BCUT2D eigenvalue weighted by Crippen LogP contribution is 2.19. The van der Waals surface area contributed by atoms with Crippen LogP contribution in [0.3, 0.4) is 0 Å². The molecule has 2 aromatic carbocycles. The molecule has 1 amide bonds. The molecular formula is C20H20FN3OS. The van der Waals surface area contributed by atoms with E-state index in [1.807, 2.05) is 48.9 Å². The number of aryl methyl sites for hydroxylation is 1. The van der Waals surface area contributed by atoms with E-state index in [9.17, 15) is 9.18 Å². The first-order valence-electron chi connectivity index (χ1n) is 8.30. The fraction of sp³-hybridized carbons (Fsp3) is 0.200. The molecule has 3 aromatic rings. The fourth-order valence-corrected chi connectivity index (χ4v) is 3.40. The summed E-state index contributed by atoms with van der Waals surface area (Å²) >= 11 is 1.38. The van der Waals surface area contributed by atoms with Crippen molar-refractivity contribution in [3.05, 3.63) is 77.4 Å². The topological polar surface area (TPSA) is 46.9 Å². The Bertz CT molecular complexity index is 891. The fourth-order valence-electron chi connectivity index (χ4n) is 2.67. The number of nitrogens with one attached hydrogen (secondary N) is 1. The Kier molecular flexibility index (Phi) is 5.73. The molecule has 0 fully saturated rings. The highest BCUT2D eigenvalue weighted by Gasteiger charge is 2.13. The third-order valence-electron chi connectivity index (χ3n) is 4.09. The second-order valence-electron chi connectivity index (χ2n) is 5.92. The maximum Gasteiger partial charge on any atom is 0.230 e. The van der Waals surface area contributed by atoms with Crippen molar-refractivity contribution in [2.75, 3.05) is 5.75 Å². The van der Waals surface area contributed by atoms with E-state index in [1.54, 1.807) is 12.1 Å². The van der Waals surface area contributed by atoms with Gasteiger partial charge in [-0.15, -0.1) is 11.8 Å². The number of aromatic nitrogens is 2. The van der Waals surface area contributed by atoms with Crippen molar-refractivity contribution in [2.45, 2.75) is 25.3 Å². The van der Waals surface area contributed by atoms with E-state index in [1.165, 1.54) is 23.9 Å². The van der Waals surface area contributed by atoms with Gasteiger partial charge >= 0.3 is 0 Å². The lowest BCUT2D eigenvalue weighted by molar-refractivity contribution is -0.118. The largest absolute Gasteiger partial charge is 0.351 e. The lowest BCUT2D eigenvalue weighted by Crippen LogP contribution is -2.25. The van der Waals surface area contributed by atoms with Gasteiger partial charge in [0, 0.05) is 22.7 Å². The number of nitrogens with zero attached hydrogens (tertiary/aromatic N) is 2. The maximum absolute atomic E-state index is 12.9. The van der Waals surface area contributed by atoms with Crippen LogP contribution in [0.15, 0.2) is 59.5 Å². The first kappa shape index (κ1) is 18.2. The third kappa shape index (κ3) is 4.32. The quantitative estimate of drug-likeness (QED) is 0.667. The summed E-state index contributed by atoms with van der Waals surface area (Å²) in [5.41, 5.74) is 3.93. The summed E-state index contributed by atoms with van der Waals surface area (Å²) in [5, 5.41) is 7.52. The van der Waals surface area contributed by atoms with Gasteiger partial charge in [0.1, 0.15) is 5.82 Å². The molecule has 1 N–H and O–H groups in total. The predicted molar refractivity (Wildman–Crippen MR) is 102 cm³/mol. The number of halogens is 1. The monoisotopic (exact) mass is 369 g/mol. The number of thioether (sulfide) groups is 1. The minimum Gasteiger partial charge on any atom is -0.351 e. The first-order valence-corrected chi connectivity index (χ1v) is 9.29. The lowest BCUT2D eigenvalue weighted by Gasteiger charge is -2.07. The van der Waals surface area contributed by atoms with Crippen molar-refractivity contribution in [1.82, 2.24) is 15.1 Å². The van der Waals surface area contributed by atoms with Crippen LogP contribution >= 0.6 is 11.8 Å². The van der Waals surface area contributed by atoms with Gasteiger partial charge in [-0.2, -0.15) is 5.10 Å². The number of para-hydroxylation sites is 1. The van der Waals surface area contributed by atoms with Gasteiger partial charge in [-0.1, -0.05) is 18.2 Å². The number of hydrogen-bond acceptors (Lipinski definition) is 3. The second-order valence-corrected chi connectivity index (χ2v) is 6.96. The molecule has 1 heterocycles. The molecule has 0 spiro atoms. The van der Waals surface area contributed by atoms with Crippen molar-refractivity contribution in [1.29, 1.82) is 0 Å². The molecule has 0 atom stereocenters. The summed E-state index contributed by atoms with van der Waals surface area (Å²) in [7, 11) is 0. The zero-order valence-corrected chi connectivity index (χ0v) is 15.5. The smallest absolute Gasteiger partial charge is 0.230 e. The van der Waals surface area contributed by atoms with E-state index in [-0.39, 0.29) is 17.5 Å². The van der Waals surface area contributed by atoms with E-state index in [2.05, 4.69) is 10.4 Å². The molecule has 134 valence electrons. The normalized spacial score (nSPS) is 10.7. The molecule has 0 saturated heterocycles. The van der Waals surface area contributed by atoms with Crippen LogP contribution < -0.4 is 5.32 Å². The van der Waals surface area contributed by atoms with Crippen LogP contribution in [-0.4, -0.2) is 21.4 Å². The highest BCUT2D eigenvalue weighted by molar-refractivity contribution is 8.00. The van der Waals surface area contributed by atoms with Crippen LogP contribution in [0, 0.1) is 19.7 Å². The van der Waals surface area contributed by atoms with Gasteiger partial charge in [0.15, 0.2) is 0 Å². The van der Waals surface area contributed by atoms with Crippen LogP contribution in [0.4, 0.5) is 4.39 Å². The summed E-state index contributed by atoms with van der Waals surface area (Å²) < 4.78 is 14.8. The molecule has 26 heavy (non-hydrogen) atoms. The number of rotatable bonds is 6. The standard InChI is InChI=1S/C20H20FN3OS/c1-14-19(15(2)24(23-14)17-6-4-3-5-7-17)12-22-20(25)13-26-18-10-8-16(21)9-11-18/h3-11H,12-13H2,1-2H3,(H,22,25). The number of benzene rings is 2. The van der Waals surface area contributed by atoms with Crippen molar-refractivity contribution in [2.24, 2.45) is 0 Å². The molecule has 0 aliphatic carbocycles. The van der Waals surface area contributed by atoms with Gasteiger partial charge in [-0.3, -0.25) is 4.79 Å². The van der Waals surface area contributed by atoms with Gasteiger partial charge in [0.05, 0.1) is 17.1 Å². The molecule has 6 heteroatoms. The molecule has 0 aliphatic rings. The van der Waals surface area contributed by atoms with Crippen LogP contribution in [0.5, 0.6) is 0 Å². The molecule has 1 aromatic heterocycles. The lowest BCUT2D eigenvalue weighted by atomic mass is 10.2. The SMILES string of the molecule is Cc1nn(-c2ccccc2)c(C)c1CNC(=O)CSc1ccc(F)cc1. The number of amides is 1. The summed E-state index contributed by atoms with van der Waals surface area (Å²) in [5.74, 6) is -0.0536. The van der Waals surface area contributed by atoms with Gasteiger partial charge in [-0.05, 0) is 50.2 Å². The molecular weight excluding hydrogens is 349 g/mol. The van der Waals surface area contributed by atoms with E-state index in [4.69, 9.17) is 0 Å². The number of carbonyl (C=O) groups is 1. The Morgan fingerprint density at radius 1 is 1.12 bits per heavy atom. The molecule has 4 nitrogen and oxygen atoms in total. The predicted octanol–water partition coefficient (Wildman–Crippen LogP) is 4.04. The summed E-state index contributed by atoms with van der Waals surface area (Å²) in [6.45, 7) is 4.39. The minimum atomic E-state index is -0.278. The summed E-state index contributed by atoms with van der Waals surface area (Å²) in [4.78, 5) is 13.0. The first-order chi connectivity index (χ1) is 12.5. The van der Waals surface area contributed by atoms with Crippen molar-refractivity contribution in [3.8, 4) is 5.69 Å². The Morgan fingerprint density at radius 3 is 2.50 bits per heavy atom. The molecule has 0 bridgehead atoms. The van der Waals surface area contributed by atoms with Crippen LogP contribution in [0.25, 0.3) is 5.69 Å². The third-order valence-corrected chi connectivity index (χ3v) is 5.10. The van der Waals surface area contributed by atoms with Gasteiger partial charge in [0.2, 0.25) is 5.91 Å². The van der Waals surface area contributed by atoms with E-state index in [0.29, 0.717) is 6.54 Å². The van der Waals surface area contributed by atoms with Crippen molar-refractivity contribution >= 4 is 17.7 Å². The minimum absolute atomic E-state index is 0.0643. The Balaban J connectivity index is 1.60.